The molecular formula is C31H46N6O7. The molecule has 1 saturated carbocycles. The van der Waals surface area contributed by atoms with Gasteiger partial charge in [-0.1, -0.05) is 63.4 Å². The Morgan fingerprint density at radius 2 is 1.64 bits per heavy atom. The van der Waals surface area contributed by atoms with Crippen molar-refractivity contribution >= 4 is 35.6 Å². The van der Waals surface area contributed by atoms with Crippen molar-refractivity contribution in [3.8, 4) is 0 Å². The van der Waals surface area contributed by atoms with Crippen LogP contribution in [0.4, 0.5) is 4.79 Å². The average Bonchev–Trinajstić information content (AvgIpc) is 3.49. The molecule has 3 rings (SSSR count). The summed E-state index contributed by atoms with van der Waals surface area (Å²) in [5.41, 5.74) is 4.73. The molecule has 3 atom stereocenters. The second-order valence-corrected chi connectivity index (χ2v) is 12.1. The van der Waals surface area contributed by atoms with E-state index in [4.69, 9.17) is 10.5 Å². The van der Waals surface area contributed by atoms with Crippen molar-refractivity contribution < 1.29 is 33.5 Å². The molecule has 1 aliphatic heterocycles. The van der Waals surface area contributed by atoms with E-state index in [9.17, 15) is 28.8 Å². The smallest absolute Gasteiger partial charge is 0.408 e. The van der Waals surface area contributed by atoms with E-state index in [2.05, 4.69) is 21.3 Å². The van der Waals surface area contributed by atoms with Crippen LogP contribution < -0.4 is 27.0 Å². The summed E-state index contributed by atoms with van der Waals surface area (Å²) >= 11 is 0. The molecule has 242 valence electrons. The van der Waals surface area contributed by atoms with Crippen LogP contribution in [0.25, 0.3) is 0 Å². The van der Waals surface area contributed by atoms with Gasteiger partial charge in [0, 0.05) is 6.54 Å². The third-order valence-electron chi connectivity index (χ3n) is 8.01. The average molecular weight is 615 g/mol. The van der Waals surface area contributed by atoms with Gasteiger partial charge in [0.1, 0.15) is 30.3 Å². The van der Waals surface area contributed by atoms with Crippen LogP contribution in [0.2, 0.25) is 0 Å². The fourth-order valence-electron chi connectivity index (χ4n) is 5.72. The number of benzene rings is 1. The minimum Gasteiger partial charge on any atom is -0.445 e. The molecule has 13 nitrogen and oxygen atoms in total. The molecule has 6 amide bonds. The van der Waals surface area contributed by atoms with Gasteiger partial charge in [0.15, 0.2) is 0 Å². The lowest BCUT2D eigenvalue weighted by molar-refractivity contribution is -0.148. The molecule has 0 bridgehead atoms. The molecule has 0 aromatic heterocycles. The maximum Gasteiger partial charge on any atom is 0.408 e. The van der Waals surface area contributed by atoms with Crippen LogP contribution in [0.1, 0.15) is 77.7 Å². The van der Waals surface area contributed by atoms with Crippen molar-refractivity contribution in [1.29, 1.82) is 0 Å². The second-order valence-electron chi connectivity index (χ2n) is 12.1. The first-order valence-corrected chi connectivity index (χ1v) is 15.4. The van der Waals surface area contributed by atoms with Crippen LogP contribution in [-0.2, 0) is 35.3 Å². The summed E-state index contributed by atoms with van der Waals surface area (Å²) in [6.45, 7) is 5.35. The summed E-state index contributed by atoms with van der Waals surface area (Å²) in [6, 6.07) is 6.44. The lowest BCUT2D eigenvalue weighted by Crippen LogP contribution is -2.65. The van der Waals surface area contributed by atoms with Gasteiger partial charge < -0.3 is 36.6 Å². The van der Waals surface area contributed by atoms with Crippen LogP contribution in [0.15, 0.2) is 30.3 Å². The molecule has 6 N–H and O–H groups in total. The van der Waals surface area contributed by atoms with Gasteiger partial charge in [-0.05, 0) is 50.5 Å². The van der Waals surface area contributed by atoms with E-state index in [-0.39, 0.29) is 25.0 Å². The first kappa shape index (κ1) is 34.3. The number of nitrogens with zero attached hydrogens (tertiary/aromatic N) is 1. The molecule has 1 heterocycles. The van der Waals surface area contributed by atoms with Crippen molar-refractivity contribution in [2.24, 2.45) is 11.7 Å². The van der Waals surface area contributed by atoms with Gasteiger partial charge in [-0.2, -0.15) is 0 Å². The molecule has 2 aliphatic rings. The number of nitrogens with one attached hydrogen (secondary N) is 4. The Morgan fingerprint density at radius 3 is 2.27 bits per heavy atom. The molecule has 1 aromatic rings. The van der Waals surface area contributed by atoms with E-state index >= 15 is 0 Å². The third kappa shape index (κ3) is 9.68. The monoisotopic (exact) mass is 614 g/mol. The Labute approximate surface area is 258 Å². The van der Waals surface area contributed by atoms with Gasteiger partial charge in [0.25, 0.3) is 0 Å². The quantitative estimate of drug-likeness (QED) is 0.221. The van der Waals surface area contributed by atoms with E-state index < -0.39 is 53.4 Å². The lowest BCUT2D eigenvalue weighted by Gasteiger charge is -2.41. The van der Waals surface area contributed by atoms with Crippen LogP contribution >= 0.6 is 0 Å². The lowest BCUT2D eigenvalue weighted by atomic mass is 9.80. The highest BCUT2D eigenvalue weighted by Crippen LogP contribution is 2.33. The zero-order chi connectivity index (χ0) is 32.3. The SMILES string of the molecule is CC(C)CC(NC(=O)C1CCCN1C(=O)C1(NC(=O)C(C)NC(=O)OCc2ccccc2)CCCCC1)C(=O)NCC(N)=O. The first-order chi connectivity index (χ1) is 20.9. The van der Waals surface area contributed by atoms with Gasteiger partial charge in [0.2, 0.25) is 29.5 Å². The van der Waals surface area contributed by atoms with E-state index in [1.165, 1.54) is 11.8 Å². The van der Waals surface area contributed by atoms with E-state index in [1.54, 1.807) is 0 Å². The number of alkyl carbamates (subject to hydrolysis) is 1. The zero-order valence-electron chi connectivity index (χ0n) is 25.9. The Kier molecular flexibility index (Phi) is 12.5. The first-order valence-electron chi connectivity index (χ1n) is 15.4. The van der Waals surface area contributed by atoms with Crippen molar-refractivity contribution in [2.75, 3.05) is 13.1 Å². The van der Waals surface area contributed by atoms with Crippen LogP contribution in [-0.4, -0.2) is 77.3 Å². The van der Waals surface area contributed by atoms with E-state index in [0.29, 0.717) is 51.5 Å². The van der Waals surface area contributed by atoms with Crippen molar-refractivity contribution in [3.05, 3.63) is 35.9 Å². The zero-order valence-corrected chi connectivity index (χ0v) is 25.9. The van der Waals surface area contributed by atoms with Gasteiger partial charge >= 0.3 is 6.09 Å². The molecule has 1 aliphatic carbocycles. The maximum absolute atomic E-state index is 14.1. The summed E-state index contributed by atoms with van der Waals surface area (Å²) in [5.74, 6) is -2.51. The summed E-state index contributed by atoms with van der Waals surface area (Å²) < 4.78 is 5.23. The molecule has 2 fully saturated rings. The largest absolute Gasteiger partial charge is 0.445 e. The van der Waals surface area contributed by atoms with Gasteiger partial charge in [-0.15, -0.1) is 0 Å². The highest BCUT2D eigenvalue weighted by Gasteiger charge is 2.48. The molecule has 3 unspecified atom stereocenters. The van der Waals surface area contributed by atoms with Crippen LogP contribution in [0, 0.1) is 5.92 Å². The number of nitrogens with two attached hydrogens (primary N) is 1. The minimum absolute atomic E-state index is 0.0483. The van der Waals surface area contributed by atoms with Crippen molar-refractivity contribution in [2.45, 2.75) is 102 Å². The summed E-state index contributed by atoms with van der Waals surface area (Å²) in [4.78, 5) is 78.6. The van der Waals surface area contributed by atoms with Crippen LogP contribution in [0.3, 0.4) is 0 Å². The van der Waals surface area contributed by atoms with Crippen molar-refractivity contribution in [3.63, 3.8) is 0 Å². The fourth-order valence-corrected chi connectivity index (χ4v) is 5.72. The predicted molar refractivity (Wildman–Crippen MR) is 162 cm³/mol. The Morgan fingerprint density at radius 1 is 0.955 bits per heavy atom. The fraction of sp³-hybridized carbons (Fsp3) is 0.613. The number of likely N-dealkylation sites (tertiary alicyclic amines) is 1. The van der Waals surface area contributed by atoms with Gasteiger partial charge in [0.05, 0.1) is 6.54 Å². The number of primary amides is 1. The summed E-state index contributed by atoms with van der Waals surface area (Å²) in [7, 11) is 0. The topological polar surface area (TPSA) is 189 Å². The van der Waals surface area contributed by atoms with E-state index in [0.717, 1.165) is 12.0 Å². The summed E-state index contributed by atoms with van der Waals surface area (Å²) in [6.07, 6.45) is 3.71. The number of rotatable bonds is 13. The number of ether oxygens (including phenoxy) is 1. The maximum atomic E-state index is 14.1. The number of carbonyl (C=O) groups is 6. The molecule has 13 heteroatoms. The Bertz CT molecular complexity index is 1190. The van der Waals surface area contributed by atoms with Crippen molar-refractivity contribution in [1.82, 2.24) is 26.2 Å². The molecule has 0 spiro atoms. The Balaban J connectivity index is 1.67. The molecular weight excluding hydrogens is 568 g/mol. The van der Waals surface area contributed by atoms with E-state index in [1.807, 2.05) is 44.2 Å². The minimum atomic E-state index is -1.22. The van der Waals surface area contributed by atoms with Gasteiger partial charge in [-0.3, -0.25) is 24.0 Å². The normalized spacial score (nSPS) is 18.9. The number of hydrogen-bond acceptors (Lipinski definition) is 7. The van der Waals surface area contributed by atoms with Gasteiger partial charge in [-0.25, -0.2) is 4.79 Å². The molecule has 44 heavy (non-hydrogen) atoms. The number of hydrogen-bond donors (Lipinski definition) is 5. The predicted octanol–water partition coefficient (Wildman–Crippen LogP) is 1.24. The Hall–Kier alpha value is -4.16. The highest BCUT2D eigenvalue weighted by atomic mass is 16.5. The van der Waals surface area contributed by atoms with Crippen LogP contribution in [0.5, 0.6) is 0 Å². The summed E-state index contributed by atoms with van der Waals surface area (Å²) in [5, 5.41) is 10.7. The highest BCUT2D eigenvalue weighted by molar-refractivity contribution is 5.98. The molecule has 0 radical (unpaired) electrons. The number of amides is 6. The third-order valence-corrected chi connectivity index (χ3v) is 8.01. The standard InChI is InChI=1S/C31H46N6O7/c1-20(2)17-23(27(40)33-18-25(32)38)35-28(41)24-13-10-16-37(24)29(42)31(14-8-5-9-15-31)36-26(39)21(3)34-30(43)44-19-22-11-6-4-7-12-22/h4,6-7,11-12,20-21,23-24H,5,8-10,13-19H2,1-3H3,(H2,32,38)(H,33,40)(H,34,43)(H,35,41)(H,36,39). The molecule has 1 aromatic carbocycles. The molecule has 1 saturated heterocycles. The second kappa shape index (κ2) is 16.1. The number of carbonyl (C=O) groups excluding carboxylic acids is 6.